The van der Waals surface area contributed by atoms with Crippen LogP contribution in [-0.2, 0) is 6.54 Å². The molecule has 0 saturated heterocycles. The molecule has 0 amide bonds. The molecule has 1 heterocycles. The molecule has 0 N–H and O–H groups in total. The third kappa shape index (κ3) is 4.05. The van der Waals surface area contributed by atoms with Gasteiger partial charge in [0, 0.05) is 12.6 Å². The fourth-order valence-electron chi connectivity index (χ4n) is 2.99. The molecule has 0 unspecified atom stereocenters. The minimum atomic E-state index is 0.0163. The van der Waals surface area contributed by atoms with Crippen molar-refractivity contribution >= 4 is 11.0 Å². The smallest absolute Gasteiger partial charge is 0.180 e. The molecule has 128 valence electrons. The van der Waals surface area contributed by atoms with Crippen molar-refractivity contribution in [2.24, 2.45) is 0 Å². The summed E-state index contributed by atoms with van der Waals surface area (Å²) >= 11 is 0. The fraction of sp³-hybridized carbons (Fsp3) is 0.273. The molecule has 1 aromatic rings. The number of allylic oxidation sites excluding steroid dienone is 4. The van der Waals surface area contributed by atoms with Crippen molar-refractivity contribution in [3.63, 3.8) is 0 Å². The Bertz CT molecular complexity index is 975. The van der Waals surface area contributed by atoms with Gasteiger partial charge in [0.25, 0.3) is 0 Å². The van der Waals surface area contributed by atoms with Crippen LogP contribution in [0.4, 0.5) is 0 Å². The maximum atomic E-state index is 11.9. The Morgan fingerprint density at radius 2 is 1.88 bits per heavy atom. The highest BCUT2D eigenvalue weighted by atomic mass is 16.1. The van der Waals surface area contributed by atoms with Crippen molar-refractivity contribution in [1.29, 1.82) is 0 Å². The number of fused-ring (bicyclic) bond motifs is 2. The number of benzene rings is 2. The standard InChI is InChI=1S/C22H24N2O/c1-16(2)7-6-8-17(3)13-14-24-21-10-5-4-9-19(21)23-20-12-11-18(25)15-22(20)24/h4-5,7,9-13,15H,6,8,14H2,1-3H3/b17-13+. The lowest BCUT2D eigenvalue weighted by molar-refractivity contribution is 0.832. The number of hydrogen-bond acceptors (Lipinski definition) is 2. The number of aromatic nitrogens is 2. The molecule has 0 atom stereocenters. The summed E-state index contributed by atoms with van der Waals surface area (Å²) in [7, 11) is 0. The Morgan fingerprint density at radius 1 is 1.08 bits per heavy atom. The third-order valence-corrected chi connectivity index (χ3v) is 4.36. The van der Waals surface area contributed by atoms with E-state index in [2.05, 4.69) is 48.5 Å². The monoisotopic (exact) mass is 332 g/mol. The fourth-order valence-corrected chi connectivity index (χ4v) is 2.99. The molecule has 1 aliphatic heterocycles. The van der Waals surface area contributed by atoms with Gasteiger partial charge in [0.05, 0.1) is 22.4 Å². The van der Waals surface area contributed by atoms with Gasteiger partial charge in [-0.25, -0.2) is 4.98 Å². The van der Waals surface area contributed by atoms with Crippen LogP contribution in [0.5, 0.6) is 0 Å². The number of nitrogens with zero attached hydrogens (tertiary/aromatic N) is 2. The molecule has 0 spiro atoms. The Kier molecular flexibility index (Phi) is 5.13. The number of rotatable bonds is 5. The van der Waals surface area contributed by atoms with Crippen LogP contribution in [0, 0.1) is 0 Å². The summed E-state index contributed by atoms with van der Waals surface area (Å²) in [6.45, 7) is 7.17. The van der Waals surface area contributed by atoms with Crippen LogP contribution in [0.1, 0.15) is 33.6 Å². The molecule has 3 rings (SSSR count). The molecule has 1 aromatic carbocycles. The van der Waals surface area contributed by atoms with Crippen molar-refractivity contribution in [3.8, 4) is 11.4 Å². The van der Waals surface area contributed by atoms with Gasteiger partial charge in [0.2, 0.25) is 0 Å². The largest absolute Gasteiger partial charge is 0.334 e. The van der Waals surface area contributed by atoms with E-state index in [0.717, 1.165) is 41.8 Å². The number of hydrogen-bond donors (Lipinski definition) is 0. The molecule has 0 bridgehead atoms. The van der Waals surface area contributed by atoms with E-state index >= 15 is 0 Å². The van der Waals surface area contributed by atoms with Gasteiger partial charge in [0.15, 0.2) is 5.43 Å². The summed E-state index contributed by atoms with van der Waals surface area (Å²) in [5, 5.41) is 0. The molecular formula is C22H24N2O. The quantitative estimate of drug-likeness (QED) is 0.476. The Balaban J connectivity index is 2.00. The Labute approximate surface area is 148 Å². The van der Waals surface area contributed by atoms with Crippen molar-refractivity contribution in [1.82, 2.24) is 9.55 Å². The van der Waals surface area contributed by atoms with Gasteiger partial charge >= 0.3 is 0 Å². The molecule has 3 nitrogen and oxygen atoms in total. The van der Waals surface area contributed by atoms with E-state index in [1.165, 1.54) is 11.1 Å². The van der Waals surface area contributed by atoms with Gasteiger partial charge in [-0.1, -0.05) is 35.4 Å². The highest BCUT2D eigenvalue weighted by molar-refractivity contribution is 5.80. The lowest BCUT2D eigenvalue weighted by Gasteiger charge is -2.17. The van der Waals surface area contributed by atoms with Gasteiger partial charge in [-0.05, 0) is 57.9 Å². The predicted molar refractivity (Wildman–Crippen MR) is 105 cm³/mol. The van der Waals surface area contributed by atoms with E-state index in [0.29, 0.717) is 0 Å². The zero-order chi connectivity index (χ0) is 17.8. The first-order valence-electron chi connectivity index (χ1n) is 8.73. The Morgan fingerprint density at radius 3 is 2.68 bits per heavy atom. The van der Waals surface area contributed by atoms with E-state index in [1.54, 1.807) is 12.1 Å². The van der Waals surface area contributed by atoms with Crippen LogP contribution in [0.3, 0.4) is 0 Å². The third-order valence-electron chi connectivity index (χ3n) is 4.36. The van der Waals surface area contributed by atoms with Crippen molar-refractivity contribution in [2.45, 2.75) is 40.2 Å². The average molecular weight is 332 g/mol. The summed E-state index contributed by atoms with van der Waals surface area (Å²) in [6, 6.07) is 13.2. The van der Waals surface area contributed by atoms with Crippen LogP contribution in [0.2, 0.25) is 0 Å². The second kappa shape index (κ2) is 7.47. The van der Waals surface area contributed by atoms with Gasteiger partial charge < -0.3 is 4.57 Å². The molecule has 3 heteroatoms. The first kappa shape index (κ1) is 17.2. The molecule has 25 heavy (non-hydrogen) atoms. The van der Waals surface area contributed by atoms with E-state index in [4.69, 9.17) is 0 Å². The summed E-state index contributed by atoms with van der Waals surface area (Å²) < 4.78 is 2.18. The molecule has 2 aliphatic rings. The van der Waals surface area contributed by atoms with E-state index < -0.39 is 0 Å². The topological polar surface area (TPSA) is 34.9 Å². The first-order valence-corrected chi connectivity index (χ1v) is 8.73. The van der Waals surface area contributed by atoms with Crippen molar-refractivity contribution in [2.75, 3.05) is 0 Å². The Hall–Kier alpha value is -2.68. The van der Waals surface area contributed by atoms with Gasteiger partial charge in [-0.3, -0.25) is 4.79 Å². The summed E-state index contributed by atoms with van der Waals surface area (Å²) in [4.78, 5) is 16.5. The van der Waals surface area contributed by atoms with Crippen molar-refractivity contribution < 1.29 is 0 Å². The van der Waals surface area contributed by atoms with E-state index in [9.17, 15) is 4.79 Å². The molecule has 1 aliphatic carbocycles. The van der Waals surface area contributed by atoms with Gasteiger partial charge in [-0.2, -0.15) is 0 Å². The molecule has 0 radical (unpaired) electrons. The molecular weight excluding hydrogens is 308 g/mol. The van der Waals surface area contributed by atoms with E-state index in [1.807, 2.05) is 24.3 Å². The highest BCUT2D eigenvalue weighted by Crippen LogP contribution is 2.24. The normalized spacial score (nSPS) is 11.9. The maximum absolute atomic E-state index is 11.9. The van der Waals surface area contributed by atoms with E-state index in [-0.39, 0.29) is 5.43 Å². The number of para-hydroxylation sites is 2. The lowest BCUT2D eigenvalue weighted by Crippen LogP contribution is -2.10. The summed E-state index contributed by atoms with van der Waals surface area (Å²) in [6.07, 6.45) is 6.64. The summed E-state index contributed by atoms with van der Waals surface area (Å²) in [5.41, 5.74) is 6.47. The van der Waals surface area contributed by atoms with Gasteiger partial charge in [0.1, 0.15) is 0 Å². The lowest BCUT2D eigenvalue weighted by atomic mass is 10.1. The second-order valence-electron chi connectivity index (χ2n) is 6.73. The maximum Gasteiger partial charge on any atom is 0.180 e. The first-order chi connectivity index (χ1) is 12.0. The predicted octanol–water partition coefficient (Wildman–Crippen LogP) is 5.19. The SMILES string of the molecule is CC(C)=CCC/C(C)=C/Cn1c2cc(=O)ccc-2nc2ccccc21. The summed E-state index contributed by atoms with van der Waals surface area (Å²) in [5.74, 6) is 0. The van der Waals surface area contributed by atoms with Gasteiger partial charge in [-0.15, -0.1) is 0 Å². The molecule has 0 saturated carbocycles. The van der Waals surface area contributed by atoms with Crippen LogP contribution in [-0.4, -0.2) is 9.55 Å². The zero-order valence-electron chi connectivity index (χ0n) is 15.1. The van der Waals surface area contributed by atoms with Crippen LogP contribution >= 0.6 is 0 Å². The zero-order valence-corrected chi connectivity index (χ0v) is 15.1. The minimum Gasteiger partial charge on any atom is -0.334 e. The second-order valence-corrected chi connectivity index (χ2v) is 6.73. The molecule has 0 aromatic heterocycles. The van der Waals surface area contributed by atoms with Crippen LogP contribution < -0.4 is 5.43 Å². The van der Waals surface area contributed by atoms with Crippen LogP contribution in [0.15, 0.2) is 70.6 Å². The highest BCUT2D eigenvalue weighted by Gasteiger charge is 2.11. The van der Waals surface area contributed by atoms with Crippen LogP contribution in [0.25, 0.3) is 22.4 Å². The average Bonchev–Trinajstić information content (AvgIpc) is 2.58. The molecule has 0 fully saturated rings. The van der Waals surface area contributed by atoms with Crippen molar-refractivity contribution in [3.05, 3.63) is 76.0 Å². The minimum absolute atomic E-state index is 0.0163.